The summed E-state index contributed by atoms with van der Waals surface area (Å²) < 4.78 is 21.5. The van der Waals surface area contributed by atoms with Gasteiger partial charge in [0.15, 0.2) is 28.8 Å². The van der Waals surface area contributed by atoms with Gasteiger partial charge in [0.1, 0.15) is 0 Å². The molecule has 2 aromatic rings. The number of phenols is 2. The van der Waals surface area contributed by atoms with E-state index in [0.29, 0.717) is 23.1 Å². The van der Waals surface area contributed by atoms with Crippen molar-refractivity contribution in [3.63, 3.8) is 0 Å². The van der Waals surface area contributed by atoms with E-state index >= 15 is 0 Å². The first-order chi connectivity index (χ1) is 14.4. The number of ketones is 1. The van der Waals surface area contributed by atoms with Crippen LogP contribution < -0.4 is 18.9 Å². The Bertz CT molecular complexity index is 1030. The van der Waals surface area contributed by atoms with E-state index in [4.69, 9.17) is 18.9 Å². The number of hydrogen-bond acceptors (Lipinski definition) is 8. The summed E-state index contributed by atoms with van der Waals surface area (Å²) in [6.07, 6.45) is 0.355. The summed E-state index contributed by atoms with van der Waals surface area (Å²) in [6.45, 7) is -0.258. The minimum Gasteiger partial charge on any atom is -0.502 e. The molecule has 3 atom stereocenters. The Kier molecular flexibility index (Phi) is 4.89. The maximum absolute atomic E-state index is 13.4. The lowest BCUT2D eigenvalue weighted by atomic mass is 9.59. The van der Waals surface area contributed by atoms with Gasteiger partial charge in [-0.05, 0) is 24.1 Å². The van der Waals surface area contributed by atoms with Crippen LogP contribution in [0.25, 0.3) is 0 Å². The molecule has 0 radical (unpaired) electrons. The lowest BCUT2D eigenvalue weighted by Gasteiger charge is -2.44. The van der Waals surface area contributed by atoms with Crippen molar-refractivity contribution in [1.82, 2.24) is 0 Å². The van der Waals surface area contributed by atoms with E-state index < -0.39 is 17.8 Å². The van der Waals surface area contributed by atoms with Crippen LogP contribution >= 0.6 is 0 Å². The van der Waals surface area contributed by atoms with Crippen LogP contribution in [-0.4, -0.2) is 56.1 Å². The van der Waals surface area contributed by atoms with Gasteiger partial charge in [0.05, 0.1) is 28.4 Å². The highest BCUT2D eigenvalue weighted by Gasteiger charge is 2.50. The Labute approximate surface area is 173 Å². The van der Waals surface area contributed by atoms with E-state index in [2.05, 4.69) is 0 Å². The number of aliphatic hydroxyl groups excluding tert-OH is 1. The Morgan fingerprint density at radius 1 is 0.900 bits per heavy atom. The molecular formula is C22H24O8. The number of ether oxygens (including phenoxy) is 4. The van der Waals surface area contributed by atoms with Gasteiger partial charge in [-0.3, -0.25) is 4.79 Å². The van der Waals surface area contributed by atoms with Crippen molar-refractivity contribution in [1.29, 1.82) is 0 Å². The third-order valence-corrected chi connectivity index (χ3v) is 6.27. The zero-order chi connectivity index (χ0) is 21.7. The van der Waals surface area contributed by atoms with Gasteiger partial charge in [-0.1, -0.05) is 0 Å². The molecule has 0 fully saturated rings. The Morgan fingerprint density at radius 3 is 2.00 bits per heavy atom. The SMILES string of the molecule is COc1cc2c(c(OC)c1O)[C@H]1c3c(cc(OC)c(O)c3OC)C(=O)[C@@H](C2)C1CO. The standard InChI is InChI=1S/C22H24O8/c1-27-13-6-9-5-10-12(8-23)16(15(9)21(29-3)19(13)25)17-11(18(10)24)7-14(28-2)20(26)22(17)30-4/h6-7,10,12,16,23,25-26H,5,8H2,1-4H3/t10-,12?,16-/m0/s1. The number of hydrogen-bond donors (Lipinski definition) is 3. The van der Waals surface area contributed by atoms with Crippen LogP contribution in [0.1, 0.15) is 33.0 Å². The van der Waals surface area contributed by atoms with E-state index in [0.717, 1.165) is 5.56 Å². The number of benzene rings is 2. The number of carbonyl (C=O) groups excluding carboxylic acids is 1. The largest absolute Gasteiger partial charge is 0.502 e. The quantitative estimate of drug-likeness (QED) is 0.680. The second kappa shape index (κ2) is 7.28. The number of aromatic hydroxyl groups is 2. The molecule has 0 saturated heterocycles. The molecule has 0 amide bonds. The van der Waals surface area contributed by atoms with Crippen molar-refractivity contribution in [2.24, 2.45) is 11.8 Å². The van der Waals surface area contributed by atoms with Gasteiger partial charge in [-0.25, -0.2) is 0 Å². The van der Waals surface area contributed by atoms with Gasteiger partial charge in [0.25, 0.3) is 0 Å². The summed E-state index contributed by atoms with van der Waals surface area (Å²) in [5.41, 5.74) is 2.23. The van der Waals surface area contributed by atoms with E-state index in [9.17, 15) is 20.1 Å². The third-order valence-electron chi connectivity index (χ3n) is 6.27. The fourth-order valence-corrected chi connectivity index (χ4v) is 4.99. The highest BCUT2D eigenvalue weighted by molar-refractivity contribution is 6.03. The zero-order valence-electron chi connectivity index (χ0n) is 17.2. The summed E-state index contributed by atoms with van der Waals surface area (Å²) >= 11 is 0. The van der Waals surface area contributed by atoms with Crippen molar-refractivity contribution in [3.8, 4) is 34.5 Å². The van der Waals surface area contributed by atoms with Crippen molar-refractivity contribution in [2.45, 2.75) is 12.3 Å². The maximum atomic E-state index is 13.4. The number of aliphatic hydroxyl groups is 1. The Hall–Kier alpha value is -3.13. The third kappa shape index (κ3) is 2.53. The average Bonchev–Trinajstić information content (AvgIpc) is 2.76. The second-order valence-corrected chi connectivity index (χ2v) is 7.45. The lowest BCUT2D eigenvalue weighted by molar-refractivity contribution is 0.0733. The minimum absolute atomic E-state index is 0.102. The van der Waals surface area contributed by atoms with Crippen molar-refractivity contribution >= 4 is 5.78 Å². The number of fused-ring (bicyclic) bond motifs is 6. The number of carbonyl (C=O) groups is 1. The zero-order valence-corrected chi connectivity index (χ0v) is 17.2. The first-order valence-corrected chi connectivity index (χ1v) is 9.52. The summed E-state index contributed by atoms with van der Waals surface area (Å²) in [5, 5.41) is 31.6. The molecule has 8 heteroatoms. The molecule has 30 heavy (non-hydrogen) atoms. The number of phenolic OH excluding ortho intramolecular Hbond substituents is 2. The van der Waals surface area contributed by atoms with E-state index in [-0.39, 0.29) is 46.9 Å². The topological polar surface area (TPSA) is 115 Å². The number of methoxy groups -OCH3 is 4. The van der Waals surface area contributed by atoms with Crippen molar-refractivity contribution < 1.29 is 39.1 Å². The fraction of sp³-hybridized carbons (Fsp3) is 0.409. The van der Waals surface area contributed by atoms with E-state index in [1.807, 2.05) is 0 Å². The van der Waals surface area contributed by atoms with Gasteiger partial charge in [-0.15, -0.1) is 0 Å². The molecule has 160 valence electrons. The highest BCUT2D eigenvalue weighted by atomic mass is 16.5. The molecule has 3 N–H and O–H groups in total. The molecule has 8 nitrogen and oxygen atoms in total. The minimum atomic E-state index is -0.546. The van der Waals surface area contributed by atoms with Crippen LogP contribution in [0.4, 0.5) is 0 Å². The summed E-state index contributed by atoms with van der Waals surface area (Å²) in [4.78, 5) is 13.4. The molecule has 2 aliphatic carbocycles. The molecule has 0 spiro atoms. The molecule has 1 unspecified atom stereocenters. The molecule has 0 aliphatic heterocycles. The van der Waals surface area contributed by atoms with Crippen molar-refractivity contribution in [3.05, 3.63) is 34.4 Å². The van der Waals surface area contributed by atoms with Gasteiger partial charge in [-0.2, -0.15) is 0 Å². The Balaban J connectivity index is 2.11. The van der Waals surface area contributed by atoms with Gasteiger partial charge < -0.3 is 34.3 Å². The van der Waals surface area contributed by atoms with Gasteiger partial charge in [0.2, 0.25) is 11.5 Å². The summed E-state index contributed by atoms with van der Waals surface area (Å²) in [5.74, 6) is -1.38. The maximum Gasteiger partial charge on any atom is 0.201 e. The summed E-state index contributed by atoms with van der Waals surface area (Å²) in [7, 11) is 5.67. The molecular weight excluding hydrogens is 392 g/mol. The number of rotatable bonds is 5. The molecule has 2 aromatic carbocycles. The highest BCUT2D eigenvalue weighted by Crippen LogP contribution is 2.59. The van der Waals surface area contributed by atoms with E-state index in [1.165, 1.54) is 34.5 Å². The predicted molar refractivity (Wildman–Crippen MR) is 106 cm³/mol. The monoisotopic (exact) mass is 416 g/mol. The van der Waals surface area contributed by atoms with Crippen LogP contribution in [-0.2, 0) is 6.42 Å². The summed E-state index contributed by atoms with van der Waals surface area (Å²) in [6, 6.07) is 3.19. The molecule has 2 aliphatic rings. The first-order valence-electron chi connectivity index (χ1n) is 9.52. The average molecular weight is 416 g/mol. The molecule has 4 rings (SSSR count). The lowest BCUT2D eigenvalue weighted by Crippen LogP contribution is -2.42. The van der Waals surface area contributed by atoms with Crippen LogP contribution in [0.3, 0.4) is 0 Å². The molecule has 0 aromatic heterocycles. The van der Waals surface area contributed by atoms with Crippen molar-refractivity contribution in [2.75, 3.05) is 35.0 Å². The smallest absolute Gasteiger partial charge is 0.201 e. The van der Waals surface area contributed by atoms with Crippen LogP contribution in [0, 0.1) is 11.8 Å². The van der Waals surface area contributed by atoms with Crippen LogP contribution in [0.15, 0.2) is 12.1 Å². The number of Topliss-reactive ketones (excluding diaryl/α,β-unsaturated/α-hetero) is 1. The fourth-order valence-electron chi connectivity index (χ4n) is 4.99. The predicted octanol–water partition coefficient (Wildman–Crippen LogP) is 2.24. The molecule has 0 heterocycles. The molecule has 0 saturated carbocycles. The normalized spacial score (nSPS) is 21.5. The molecule has 2 bridgehead atoms. The van der Waals surface area contributed by atoms with Gasteiger partial charge in [0, 0.05) is 41.1 Å². The second-order valence-electron chi connectivity index (χ2n) is 7.45. The van der Waals surface area contributed by atoms with E-state index in [1.54, 1.807) is 6.07 Å². The Morgan fingerprint density at radius 2 is 1.47 bits per heavy atom. The van der Waals surface area contributed by atoms with Crippen LogP contribution in [0.5, 0.6) is 34.5 Å². The first kappa shape index (κ1) is 20.2. The van der Waals surface area contributed by atoms with Gasteiger partial charge >= 0.3 is 0 Å². The van der Waals surface area contributed by atoms with Crippen LogP contribution in [0.2, 0.25) is 0 Å².